The normalized spacial score (nSPS) is 11.0. The van der Waals surface area contributed by atoms with Gasteiger partial charge in [0.15, 0.2) is 11.6 Å². The zero-order chi connectivity index (χ0) is 22.1. The van der Waals surface area contributed by atoms with Crippen molar-refractivity contribution >= 4 is 27.9 Å². The Morgan fingerprint density at radius 3 is 2.50 bits per heavy atom. The van der Waals surface area contributed by atoms with Gasteiger partial charge in [0.1, 0.15) is 5.82 Å². The van der Waals surface area contributed by atoms with Crippen LogP contribution in [-0.4, -0.2) is 49.0 Å². The molecule has 0 fully saturated rings. The van der Waals surface area contributed by atoms with E-state index in [1.165, 1.54) is 6.20 Å². The van der Waals surface area contributed by atoms with Gasteiger partial charge in [-0.1, -0.05) is 30.3 Å². The maximum Gasteiger partial charge on any atom is 0.321 e. The molecule has 1 heterocycles. The van der Waals surface area contributed by atoms with Crippen LogP contribution in [0.5, 0.6) is 0 Å². The fourth-order valence-electron chi connectivity index (χ4n) is 2.22. The highest BCUT2D eigenvalue weighted by atomic mass is 32.2. The van der Waals surface area contributed by atoms with Crippen LogP contribution in [0, 0.1) is 6.92 Å². The molecule has 3 amide bonds. The number of hydrogen-bond acceptors (Lipinski definition) is 7. The van der Waals surface area contributed by atoms with Crippen molar-refractivity contribution in [3.8, 4) is 0 Å². The molecule has 11 nitrogen and oxygen atoms in total. The van der Waals surface area contributed by atoms with Gasteiger partial charge in [0, 0.05) is 26.3 Å². The predicted molar refractivity (Wildman–Crippen MR) is 106 cm³/mol. The number of urea groups is 1. The van der Waals surface area contributed by atoms with Gasteiger partial charge in [0.2, 0.25) is 0 Å². The number of carbonyl (C=O) groups is 3. The number of hydrogen-bond donors (Lipinski definition) is 3. The van der Waals surface area contributed by atoms with E-state index in [0.29, 0.717) is 5.82 Å². The molecule has 0 aliphatic heterocycles. The van der Waals surface area contributed by atoms with Crippen molar-refractivity contribution in [2.45, 2.75) is 24.9 Å². The minimum atomic E-state index is -3.86. The smallest absolute Gasteiger partial charge is 0.321 e. The van der Waals surface area contributed by atoms with E-state index in [1.807, 2.05) is 35.6 Å². The highest BCUT2D eigenvalue weighted by molar-refractivity contribution is 7.89. The molecule has 0 aliphatic rings. The lowest BCUT2D eigenvalue weighted by Gasteiger charge is -2.08. The first-order valence-electron chi connectivity index (χ1n) is 8.94. The van der Waals surface area contributed by atoms with Gasteiger partial charge in [-0.05, 0) is 12.5 Å². The second kappa shape index (κ2) is 10.5. The fourth-order valence-corrected chi connectivity index (χ4v) is 3.29. The minimum Gasteiger partial charge on any atom is -0.456 e. The molecule has 0 saturated heterocycles. The summed E-state index contributed by atoms with van der Waals surface area (Å²) in [5.41, 5.74) is 0.856. The lowest BCUT2D eigenvalue weighted by Crippen LogP contribution is -2.41. The number of sulfonamides is 1. The van der Waals surface area contributed by atoms with Gasteiger partial charge in [-0.15, -0.1) is 0 Å². The van der Waals surface area contributed by atoms with Gasteiger partial charge < -0.3 is 14.6 Å². The monoisotopic (exact) mass is 437 g/mol. The summed E-state index contributed by atoms with van der Waals surface area (Å²) < 4.78 is 32.7. The van der Waals surface area contributed by atoms with Crippen molar-refractivity contribution in [3.05, 3.63) is 47.9 Å². The molecule has 0 unspecified atom stereocenters. The number of imidazole rings is 1. The molecule has 0 bridgehead atoms. The van der Waals surface area contributed by atoms with Gasteiger partial charge in [-0.3, -0.25) is 14.9 Å². The number of aromatic nitrogens is 2. The van der Waals surface area contributed by atoms with Crippen LogP contribution in [0.25, 0.3) is 0 Å². The number of nitrogens with one attached hydrogen (secondary N) is 3. The van der Waals surface area contributed by atoms with Crippen molar-refractivity contribution in [1.82, 2.24) is 24.9 Å². The lowest BCUT2D eigenvalue weighted by atomic mass is 10.2. The summed E-state index contributed by atoms with van der Waals surface area (Å²) in [6, 6.07) is 8.37. The van der Waals surface area contributed by atoms with E-state index in [0.717, 1.165) is 5.56 Å². The molecule has 1 aromatic heterocycles. The molecule has 0 radical (unpaired) electrons. The highest BCUT2D eigenvalue weighted by Crippen LogP contribution is 2.07. The maximum atomic E-state index is 12.1. The maximum absolute atomic E-state index is 12.1. The third-order valence-electron chi connectivity index (χ3n) is 3.90. The summed E-state index contributed by atoms with van der Waals surface area (Å²) in [5.74, 6) is -1.08. The van der Waals surface area contributed by atoms with E-state index in [2.05, 4.69) is 15.0 Å². The van der Waals surface area contributed by atoms with Crippen LogP contribution in [0.3, 0.4) is 0 Å². The lowest BCUT2D eigenvalue weighted by molar-refractivity contribution is -0.148. The zero-order valence-corrected chi connectivity index (χ0v) is 17.4. The summed E-state index contributed by atoms with van der Waals surface area (Å²) >= 11 is 0. The summed E-state index contributed by atoms with van der Waals surface area (Å²) in [7, 11) is -2.20. The Labute approximate surface area is 173 Å². The van der Waals surface area contributed by atoms with Crippen molar-refractivity contribution in [2.24, 2.45) is 7.05 Å². The number of esters is 1. The van der Waals surface area contributed by atoms with Crippen LogP contribution in [0.15, 0.2) is 41.6 Å². The highest BCUT2D eigenvalue weighted by Gasteiger charge is 2.19. The van der Waals surface area contributed by atoms with E-state index >= 15 is 0 Å². The van der Waals surface area contributed by atoms with Crippen molar-refractivity contribution < 1.29 is 27.5 Å². The molecular formula is C18H23N5O6S. The third-order valence-corrected chi connectivity index (χ3v) is 5.23. The number of imide groups is 1. The molecule has 162 valence electrons. The van der Waals surface area contributed by atoms with E-state index in [4.69, 9.17) is 4.74 Å². The Bertz CT molecular complexity index is 984. The van der Waals surface area contributed by atoms with E-state index in [9.17, 15) is 22.8 Å². The van der Waals surface area contributed by atoms with Gasteiger partial charge >= 0.3 is 12.0 Å². The number of nitrogens with zero attached hydrogens (tertiary/aromatic N) is 2. The Morgan fingerprint density at radius 2 is 1.87 bits per heavy atom. The molecule has 0 atom stereocenters. The molecule has 0 saturated carbocycles. The molecule has 12 heteroatoms. The molecule has 1 aromatic carbocycles. The summed E-state index contributed by atoms with van der Waals surface area (Å²) in [6.07, 6.45) is 1.06. The Hall–Kier alpha value is -3.25. The quantitative estimate of drug-likeness (QED) is 0.466. The van der Waals surface area contributed by atoms with Gasteiger partial charge in [-0.2, -0.15) is 0 Å². The molecule has 3 N–H and O–H groups in total. The fraction of sp³-hybridized carbons (Fsp3) is 0.333. The average molecular weight is 437 g/mol. The zero-order valence-electron chi connectivity index (χ0n) is 16.5. The molecule has 0 spiro atoms. The number of aryl methyl sites for hydroxylation is 2. The predicted octanol–water partition coefficient (Wildman–Crippen LogP) is -0.0339. The largest absolute Gasteiger partial charge is 0.456 e. The third kappa shape index (κ3) is 7.29. The number of amides is 3. The Morgan fingerprint density at radius 1 is 1.17 bits per heavy atom. The Kier molecular flexibility index (Phi) is 8.07. The number of benzene rings is 1. The first-order valence-corrected chi connectivity index (χ1v) is 10.4. The second-order valence-corrected chi connectivity index (χ2v) is 7.98. The second-order valence-electron chi connectivity index (χ2n) is 6.26. The number of carbonyl (C=O) groups excluding carboxylic acids is 3. The summed E-state index contributed by atoms with van der Waals surface area (Å²) in [6.45, 7) is 0.999. The average Bonchev–Trinajstić information content (AvgIpc) is 3.05. The minimum absolute atomic E-state index is 0.156. The molecule has 2 aromatic rings. The molecule has 30 heavy (non-hydrogen) atoms. The topological polar surface area (TPSA) is 148 Å². The van der Waals surface area contributed by atoms with Crippen LogP contribution in [0.1, 0.15) is 17.8 Å². The first kappa shape index (κ1) is 23.0. The summed E-state index contributed by atoms with van der Waals surface area (Å²) in [4.78, 5) is 38.9. The summed E-state index contributed by atoms with van der Waals surface area (Å²) in [5, 5.41) is 4.36. The SMILES string of the molecule is Cc1nc(S(=O)(=O)NCCC(=O)OCC(=O)NC(=O)NCc2ccccc2)cn1C. The number of rotatable bonds is 9. The molecular weight excluding hydrogens is 414 g/mol. The van der Waals surface area contributed by atoms with E-state index in [-0.39, 0.29) is 24.5 Å². The molecule has 2 rings (SSSR count). The van der Waals surface area contributed by atoms with Gasteiger partial charge in [0.25, 0.3) is 15.9 Å². The standard InChI is InChI=1S/C18H23N5O6S/c1-13-21-16(11-23(13)2)30(27,28)20-9-8-17(25)29-12-15(24)22-18(26)19-10-14-6-4-3-5-7-14/h3-7,11,20H,8-10,12H2,1-2H3,(H2,19,22,24,26). The van der Waals surface area contributed by atoms with Crippen molar-refractivity contribution in [3.63, 3.8) is 0 Å². The van der Waals surface area contributed by atoms with Crippen LogP contribution in [-0.2, 0) is 37.9 Å². The van der Waals surface area contributed by atoms with E-state index < -0.39 is 34.5 Å². The van der Waals surface area contributed by atoms with Gasteiger partial charge in [0.05, 0.1) is 6.42 Å². The Balaban J connectivity index is 1.65. The van der Waals surface area contributed by atoms with Gasteiger partial charge in [-0.25, -0.2) is 22.9 Å². The van der Waals surface area contributed by atoms with Crippen LogP contribution < -0.4 is 15.4 Å². The van der Waals surface area contributed by atoms with Crippen LogP contribution >= 0.6 is 0 Å². The molecule has 0 aliphatic carbocycles. The van der Waals surface area contributed by atoms with Crippen LogP contribution in [0.2, 0.25) is 0 Å². The van der Waals surface area contributed by atoms with E-state index in [1.54, 1.807) is 18.5 Å². The van der Waals surface area contributed by atoms with Crippen molar-refractivity contribution in [1.29, 1.82) is 0 Å². The van der Waals surface area contributed by atoms with Crippen LogP contribution in [0.4, 0.5) is 4.79 Å². The first-order chi connectivity index (χ1) is 14.2. The number of ether oxygens (including phenoxy) is 1. The van der Waals surface area contributed by atoms with Crippen molar-refractivity contribution in [2.75, 3.05) is 13.2 Å².